The number of amides is 2. The van der Waals surface area contributed by atoms with E-state index in [0.717, 1.165) is 0 Å². The number of allylic oxidation sites excluding steroid dienone is 1. The van der Waals surface area contributed by atoms with Crippen LogP contribution in [0.25, 0.3) is 11.1 Å². The smallest absolute Gasteiger partial charge is 0.255 e. The third kappa shape index (κ3) is 4.75. The summed E-state index contributed by atoms with van der Waals surface area (Å²) in [5, 5.41) is 47.8. The standard InChI is InChI=1S/C32H36N4O8/c1-35(2)12-11-34-31(43)16-7-5-15(6-8-16)18-9-10-21(37)23-19(18)13-17-14-20-25(36(3)4)27(39)24(30(33)42)29(41)32(20,44)28(40)22(17)26(23)38/h5-10,17,20,25,37,39-40,44H,11-14H2,1-4H3,(H2,33,42)(H,34,43)/t17-,20-,25?,32-/m0/s1. The van der Waals surface area contributed by atoms with Crippen molar-refractivity contribution in [3.05, 3.63) is 75.8 Å². The average molecular weight is 605 g/mol. The molecule has 0 aliphatic heterocycles. The van der Waals surface area contributed by atoms with E-state index in [1.165, 1.54) is 11.0 Å². The highest BCUT2D eigenvalue weighted by atomic mass is 16.3. The van der Waals surface area contributed by atoms with Gasteiger partial charge < -0.3 is 36.4 Å². The first-order valence-corrected chi connectivity index (χ1v) is 14.2. The summed E-state index contributed by atoms with van der Waals surface area (Å²) in [6.07, 6.45) is 0.151. The summed E-state index contributed by atoms with van der Waals surface area (Å²) in [4.78, 5) is 55.6. The Labute approximate surface area is 254 Å². The number of hydrogen-bond acceptors (Lipinski definition) is 10. The van der Waals surface area contributed by atoms with Crippen LogP contribution in [0.15, 0.2) is 59.1 Å². The number of nitrogens with zero attached hydrogens (tertiary/aromatic N) is 2. The summed E-state index contributed by atoms with van der Waals surface area (Å²) in [5.41, 5.74) is 3.83. The fourth-order valence-corrected chi connectivity index (χ4v) is 6.82. The van der Waals surface area contributed by atoms with E-state index >= 15 is 0 Å². The predicted octanol–water partition coefficient (Wildman–Crippen LogP) is 1.08. The number of nitrogens with two attached hydrogens (primary N) is 1. The van der Waals surface area contributed by atoms with Crippen LogP contribution < -0.4 is 11.1 Å². The molecule has 232 valence electrons. The van der Waals surface area contributed by atoms with Crippen molar-refractivity contribution in [2.75, 3.05) is 41.3 Å². The summed E-state index contributed by atoms with van der Waals surface area (Å²) >= 11 is 0. The minimum Gasteiger partial charge on any atom is -0.510 e. The number of phenolic OH excluding ortho intramolecular Hbond substituents is 1. The second kappa shape index (κ2) is 11.2. The summed E-state index contributed by atoms with van der Waals surface area (Å²) in [6.45, 7) is 1.17. The van der Waals surface area contributed by atoms with Crippen LogP contribution >= 0.6 is 0 Å². The van der Waals surface area contributed by atoms with E-state index in [0.29, 0.717) is 35.3 Å². The number of carbonyl (C=O) groups excluding carboxylic acids is 4. The number of ketones is 2. The van der Waals surface area contributed by atoms with Crippen molar-refractivity contribution in [3.63, 3.8) is 0 Å². The Hall–Kier alpha value is -4.52. The molecule has 0 spiro atoms. The van der Waals surface area contributed by atoms with Crippen LogP contribution in [0.1, 0.15) is 32.7 Å². The number of aliphatic hydroxyl groups excluding tert-OH is 2. The number of benzene rings is 2. The Balaban J connectivity index is 1.56. The van der Waals surface area contributed by atoms with Crippen molar-refractivity contribution < 1.29 is 39.6 Å². The Morgan fingerprint density at radius 1 is 1.02 bits per heavy atom. The minimum atomic E-state index is -2.69. The van der Waals surface area contributed by atoms with Crippen LogP contribution in [0.5, 0.6) is 5.75 Å². The third-order valence-electron chi connectivity index (χ3n) is 8.91. The number of rotatable bonds is 7. The number of fused-ring (bicyclic) bond motifs is 3. The Kier molecular flexibility index (Phi) is 7.87. The number of phenols is 1. The quantitative estimate of drug-likeness (QED) is 0.249. The molecule has 2 amide bonds. The van der Waals surface area contributed by atoms with Crippen LogP contribution in [0.2, 0.25) is 0 Å². The fraction of sp³-hybridized carbons (Fsp3) is 0.375. The van der Waals surface area contributed by atoms with Crippen molar-refractivity contribution in [3.8, 4) is 16.9 Å². The van der Waals surface area contributed by atoms with Gasteiger partial charge in [-0.2, -0.15) is 0 Å². The average Bonchev–Trinajstić information content (AvgIpc) is 2.94. The van der Waals surface area contributed by atoms with Gasteiger partial charge in [-0.15, -0.1) is 0 Å². The molecule has 44 heavy (non-hydrogen) atoms. The normalized spacial score (nSPS) is 24.8. The van der Waals surface area contributed by atoms with Gasteiger partial charge in [-0.3, -0.25) is 24.1 Å². The van der Waals surface area contributed by atoms with Crippen LogP contribution in [0.3, 0.4) is 0 Å². The van der Waals surface area contributed by atoms with Gasteiger partial charge in [-0.25, -0.2) is 0 Å². The molecule has 12 heteroatoms. The molecule has 0 saturated carbocycles. The van der Waals surface area contributed by atoms with E-state index in [-0.39, 0.29) is 35.6 Å². The van der Waals surface area contributed by atoms with E-state index in [4.69, 9.17) is 5.73 Å². The van der Waals surface area contributed by atoms with Gasteiger partial charge >= 0.3 is 0 Å². The molecule has 0 heterocycles. The molecule has 3 aliphatic carbocycles. The number of nitrogens with one attached hydrogen (secondary N) is 1. The Morgan fingerprint density at radius 2 is 1.68 bits per heavy atom. The van der Waals surface area contributed by atoms with Crippen LogP contribution in [0, 0.1) is 11.8 Å². The van der Waals surface area contributed by atoms with Crippen LogP contribution in [0.4, 0.5) is 0 Å². The third-order valence-corrected chi connectivity index (χ3v) is 8.91. The zero-order chi connectivity index (χ0) is 32.2. The lowest BCUT2D eigenvalue weighted by Crippen LogP contribution is -2.63. The van der Waals surface area contributed by atoms with Crippen LogP contribution in [-0.2, 0) is 16.0 Å². The highest BCUT2D eigenvalue weighted by Gasteiger charge is 2.63. The van der Waals surface area contributed by atoms with Crippen LogP contribution in [-0.4, -0.2) is 107 Å². The molecule has 2 aromatic rings. The van der Waals surface area contributed by atoms with E-state index in [9.17, 15) is 39.6 Å². The van der Waals surface area contributed by atoms with Gasteiger partial charge in [0.1, 0.15) is 22.8 Å². The lowest BCUT2D eigenvalue weighted by atomic mass is 9.58. The van der Waals surface area contributed by atoms with Gasteiger partial charge in [0.25, 0.3) is 11.8 Å². The predicted molar refractivity (Wildman–Crippen MR) is 160 cm³/mol. The van der Waals surface area contributed by atoms with Crippen molar-refractivity contribution in [2.45, 2.75) is 24.5 Å². The molecule has 7 N–H and O–H groups in total. The second-order valence-corrected chi connectivity index (χ2v) is 12.1. The molecule has 0 radical (unpaired) electrons. The second-order valence-electron chi connectivity index (χ2n) is 12.1. The first-order chi connectivity index (χ1) is 20.7. The fourth-order valence-electron chi connectivity index (χ4n) is 6.82. The first kappa shape index (κ1) is 30.9. The zero-order valence-corrected chi connectivity index (χ0v) is 24.9. The molecule has 2 aromatic carbocycles. The molecule has 12 nitrogen and oxygen atoms in total. The molecular weight excluding hydrogens is 568 g/mol. The molecule has 3 aliphatic rings. The first-order valence-electron chi connectivity index (χ1n) is 14.2. The van der Waals surface area contributed by atoms with Gasteiger partial charge in [-0.1, -0.05) is 18.2 Å². The van der Waals surface area contributed by atoms with Gasteiger partial charge in [0.2, 0.25) is 5.78 Å². The lowest BCUT2D eigenvalue weighted by Gasteiger charge is -2.50. The summed E-state index contributed by atoms with van der Waals surface area (Å²) in [7, 11) is 6.98. The summed E-state index contributed by atoms with van der Waals surface area (Å²) in [6, 6.07) is 8.78. The maximum Gasteiger partial charge on any atom is 0.255 e. The monoisotopic (exact) mass is 604 g/mol. The minimum absolute atomic E-state index is 0.00703. The number of aliphatic hydroxyl groups is 3. The Bertz CT molecular complexity index is 1640. The van der Waals surface area contributed by atoms with Gasteiger partial charge in [0, 0.05) is 30.1 Å². The Morgan fingerprint density at radius 3 is 2.27 bits per heavy atom. The van der Waals surface area contributed by atoms with Gasteiger partial charge in [-0.05, 0) is 81.8 Å². The number of likely N-dealkylation sites (N-methyl/N-ethyl adjacent to an activating group) is 2. The molecular formula is C32H36N4O8. The SMILES string of the molecule is CN(C)CCNC(=O)c1ccc(-c2ccc(O)c3c2C[C@H]2C[C@H]4C(N(C)C)C(O)=C(C(N)=O)C(=O)[C@@]4(O)C(O)=C2C3=O)cc1. The van der Waals surface area contributed by atoms with E-state index < -0.39 is 58.0 Å². The molecule has 5 rings (SSSR count). The maximum absolute atomic E-state index is 14.0. The van der Waals surface area contributed by atoms with Crippen molar-refractivity contribution in [2.24, 2.45) is 17.6 Å². The number of aromatic hydroxyl groups is 1. The molecule has 1 unspecified atom stereocenters. The largest absolute Gasteiger partial charge is 0.510 e. The van der Waals surface area contributed by atoms with E-state index in [1.807, 2.05) is 19.0 Å². The lowest BCUT2D eigenvalue weighted by molar-refractivity contribution is -0.148. The van der Waals surface area contributed by atoms with E-state index in [1.54, 1.807) is 44.4 Å². The van der Waals surface area contributed by atoms with Gasteiger partial charge in [0.15, 0.2) is 11.4 Å². The number of primary amides is 1. The molecule has 0 fully saturated rings. The molecule has 0 saturated heterocycles. The van der Waals surface area contributed by atoms with Crippen molar-refractivity contribution in [1.29, 1.82) is 0 Å². The highest BCUT2D eigenvalue weighted by molar-refractivity contribution is 6.25. The molecule has 0 bridgehead atoms. The zero-order valence-electron chi connectivity index (χ0n) is 24.9. The maximum atomic E-state index is 14.0. The topological polar surface area (TPSA) is 194 Å². The highest BCUT2D eigenvalue weighted by Crippen LogP contribution is 2.53. The number of hydrogen-bond donors (Lipinski definition) is 6. The molecule has 4 atom stereocenters. The van der Waals surface area contributed by atoms with Crippen molar-refractivity contribution >= 4 is 23.4 Å². The van der Waals surface area contributed by atoms with E-state index in [2.05, 4.69) is 5.32 Å². The van der Waals surface area contributed by atoms with Crippen molar-refractivity contribution in [1.82, 2.24) is 15.1 Å². The molecule has 0 aromatic heterocycles. The van der Waals surface area contributed by atoms with Gasteiger partial charge in [0.05, 0.1) is 11.6 Å². The number of Topliss-reactive ketones (excluding diaryl/α,β-unsaturated/α-hetero) is 2. The summed E-state index contributed by atoms with van der Waals surface area (Å²) in [5.74, 6) is -7.21. The number of carbonyl (C=O) groups is 4. The summed E-state index contributed by atoms with van der Waals surface area (Å²) < 4.78 is 0.